The van der Waals surface area contributed by atoms with Crippen LogP contribution in [-0.4, -0.2) is 29.4 Å². The van der Waals surface area contributed by atoms with E-state index in [9.17, 15) is 18.1 Å². The van der Waals surface area contributed by atoms with E-state index in [0.717, 1.165) is 32.1 Å². The zero-order valence-corrected chi connectivity index (χ0v) is 22.9. The van der Waals surface area contributed by atoms with Crippen LogP contribution in [0.2, 0.25) is 0 Å². The Morgan fingerprint density at radius 2 is 1.04 bits per heavy atom. The topological polar surface area (TPSA) is 77.4 Å². The second kappa shape index (κ2) is 21.7. The number of hydrogen-bond donors (Lipinski definition) is 1. The fourth-order valence-corrected chi connectivity index (χ4v) is 4.51. The van der Waals surface area contributed by atoms with Crippen LogP contribution in [0.4, 0.5) is 0 Å². The van der Waals surface area contributed by atoms with Crippen molar-refractivity contribution < 1.29 is 69.5 Å². The van der Waals surface area contributed by atoms with Crippen molar-refractivity contribution in [1.82, 2.24) is 0 Å². The largest absolute Gasteiger partial charge is 1.00 e. The molecule has 0 spiro atoms. The van der Waals surface area contributed by atoms with Crippen molar-refractivity contribution in [2.45, 2.75) is 141 Å². The summed E-state index contributed by atoms with van der Waals surface area (Å²) in [5.41, 5.74) is 0. The molecule has 0 heterocycles. The summed E-state index contributed by atoms with van der Waals surface area (Å²) < 4.78 is 34.3. The third kappa shape index (κ3) is 20.8. The molecule has 2 atom stereocenters. The van der Waals surface area contributed by atoms with Gasteiger partial charge in [0.2, 0.25) is 0 Å². The quantitative estimate of drug-likeness (QED) is 0.177. The van der Waals surface area contributed by atoms with Crippen molar-refractivity contribution in [2.75, 3.05) is 0 Å². The minimum atomic E-state index is -4.20. The van der Waals surface area contributed by atoms with Gasteiger partial charge in [-0.25, -0.2) is 8.42 Å². The second-order valence-corrected chi connectivity index (χ2v) is 9.79. The third-order valence-electron chi connectivity index (χ3n) is 5.57. The Balaban J connectivity index is 0. The smallest absolute Gasteiger partial charge is 0.748 e. The molecule has 0 aliphatic carbocycles. The van der Waals surface area contributed by atoms with Crippen molar-refractivity contribution >= 4 is 10.1 Å². The van der Waals surface area contributed by atoms with Gasteiger partial charge in [0.05, 0.1) is 16.2 Å². The van der Waals surface area contributed by atoms with E-state index < -0.39 is 15.4 Å². The molecule has 164 valence electrons. The molecule has 2 unspecified atom stereocenters. The van der Waals surface area contributed by atoms with Crippen LogP contribution in [0.3, 0.4) is 0 Å². The molecule has 0 bridgehead atoms. The summed E-state index contributed by atoms with van der Waals surface area (Å²) in [6.45, 7) is 4.18. The Hall–Kier alpha value is 1.51. The zero-order chi connectivity index (χ0) is 20.4. The van der Waals surface area contributed by atoms with Gasteiger partial charge in [-0.05, 0) is 25.7 Å². The van der Waals surface area contributed by atoms with E-state index in [2.05, 4.69) is 6.92 Å². The van der Waals surface area contributed by atoms with Crippen LogP contribution in [0.25, 0.3) is 0 Å². The van der Waals surface area contributed by atoms with E-state index in [4.69, 9.17) is 0 Å². The fraction of sp³-hybridized carbons (Fsp3) is 1.00. The fourth-order valence-electron chi connectivity index (χ4n) is 3.60. The van der Waals surface area contributed by atoms with Crippen LogP contribution in [0, 0.1) is 0 Å². The van der Waals surface area contributed by atoms with Gasteiger partial charge in [-0.2, -0.15) is 0 Å². The maximum Gasteiger partial charge on any atom is 1.00 e. The maximum atomic E-state index is 11.4. The molecule has 0 aliphatic heterocycles. The normalized spacial score (nSPS) is 13.9. The van der Waals surface area contributed by atoms with Gasteiger partial charge in [-0.15, -0.1) is 0 Å². The van der Waals surface area contributed by atoms with Gasteiger partial charge in [-0.1, -0.05) is 104 Å². The predicted octanol–water partition coefficient (Wildman–Crippen LogP) is 3.33. The molecule has 0 saturated carbocycles. The van der Waals surface area contributed by atoms with Crippen LogP contribution in [0.5, 0.6) is 0 Å². The third-order valence-corrected chi connectivity index (χ3v) is 6.86. The van der Waals surface area contributed by atoms with Crippen LogP contribution in [0.1, 0.15) is 129 Å². The van der Waals surface area contributed by atoms with Crippen molar-refractivity contribution in [2.24, 2.45) is 0 Å². The van der Waals surface area contributed by atoms with Crippen molar-refractivity contribution in [3.63, 3.8) is 0 Å². The summed E-state index contributed by atoms with van der Waals surface area (Å²) in [5, 5.41) is 8.79. The average Bonchev–Trinajstić information content (AvgIpc) is 2.62. The van der Waals surface area contributed by atoms with Gasteiger partial charge >= 0.3 is 51.4 Å². The second-order valence-electron chi connectivity index (χ2n) is 8.14. The molecule has 1 N–H and O–H groups in total. The van der Waals surface area contributed by atoms with Gasteiger partial charge in [0, 0.05) is 5.25 Å². The van der Waals surface area contributed by atoms with Crippen LogP contribution >= 0.6 is 0 Å². The van der Waals surface area contributed by atoms with E-state index in [-0.39, 0.29) is 57.5 Å². The first-order chi connectivity index (χ1) is 12.9. The SMILES string of the molecule is CCCCCCCCCCCCCCC(CCCCC(O)CC)S(=O)(=O)[O-].[K+]. The van der Waals surface area contributed by atoms with E-state index in [1.54, 1.807) is 0 Å². The minimum Gasteiger partial charge on any atom is -0.748 e. The molecule has 0 saturated heterocycles. The van der Waals surface area contributed by atoms with Crippen molar-refractivity contribution in [1.29, 1.82) is 0 Å². The molecule has 0 aliphatic rings. The summed E-state index contributed by atoms with van der Waals surface area (Å²) in [5.74, 6) is 0. The first kappa shape index (κ1) is 31.7. The van der Waals surface area contributed by atoms with Crippen LogP contribution in [-0.2, 0) is 10.1 Å². The zero-order valence-electron chi connectivity index (χ0n) is 19.0. The van der Waals surface area contributed by atoms with Crippen molar-refractivity contribution in [3.05, 3.63) is 0 Å². The molecule has 0 aromatic rings. The first-order valence-corrected chi connectivity index (χ1v) is 13.0. The molecule has 4 nitrogen and oxygen atoms in total. The summed E-state index contributed by atoms with van der Waals surface area (Å²) in [7, 11) is -4.20. The summed E-state index contributed by atoms with van der Waals surface area (Å²) in [6, 6.07) is 0. The molecular weight excluding hydrogens is 399 g/mol. The van der Waals surface area contributed by atoms with Crippen molar-refractivity contribution in [3.8, 4) is 0 Å². The van der Waals surface area contributed by atoms with Crippen LogP contribution < -0.4 is 51.4 Å². The Labute approximate surface area is 218 Å². The van der Waals surface area contributed by atoms with E-state index in [1.807, 2.05) is 6.92 Å². The Bertz CT molecular complexity index is 415. The molecular formula is C22H45KO4S. The first-order valence-electron chi connectivity index (χ1n) is 11.5. The number of aliphatic hydroxyl groups excluding tert-OH is 1. The number of rotatable bonds is 20. The number of hydrogen-bond acceptors (Lipinski definition) is 4. The summed E-state index contributed by atoms with van der Waals surface area (Å²) in [6.07, 6.45) is 18.5. The van der Waals surface area contributed by atoms with Gasteiger partial charge in [0.15, 0.2) is 0 Å². The predicted molar refractivity (Wildman–Crippen MR) is 114 cm³/mol. The Morgan fingerprint density at radius 1 is 0.679 bits per heavy atom. The molecule has 28 heavy (non-hydrogen) atoms. The number of aliphatic hydroxyl groups is 1. The average molecular weight is 445 g/mol. The van der Waals surface area contributed by atoms with E-state index >= 15 is 0 Å². The standard InChI is InChI=1S/C22H46O4S.K/c1-3-5-6-7-8-9-10-11-12-13-14-15-19-22(27(24,25)26)20-17-16-18-21(23)4-2;/h21-23H,3-20H2,1-2H3,(H,24,25,26);/q;+1/p-1. The van der Waals surface area contributed by atoms with Gasteiger partial charge in [-0.3, -0.25) is 0 Å². The molecule has 0 aromatic heterocycles. The van der Waals surface area contributed by atoms with E-state index in [1.165, 1.54) is 57.8 Å². The maximum absolute atomic E-state index is 11.4. The van der Waals surface area contributed by atoms with Gasteiger partial charge < -0.3 is 9.66 Å². The molecule has 0 amide bonds. The summed E-state index contributed by atoms with van der Waals surface area (Å²) >= 11 is 0. The van der Waals surface area contributed by atoms with E-state index in [0.29, 0.717) is 25.7 Å². The molecule has 6 heteroatoms. The Kier molecular flexibility index (Phi) is 24.6. The molecule has 0 rings (SSSR count). The van der Waals surface area contributed by atoms with Gasteiger partial charge in [0.1, 0.15) is 0 Å². The molecule has 0 aromatic carbocycles. The monoisotopic (exact) mass is 444 g/mol. The van der Waals surface area contributed by atoms with Crippen LogP contribution in [0.15, 0.2) is 0 Å². The molecule has 0 fully saturated rings. The molecule has 0 radical (unpaired) electrons. The van der Waals surface area contributed by atoms with Gasteiger partial charge in [0.25, 0.3) is 0 Å². The summed E-state index contributed by atoms with van der Waals surface area (Å²) in [4.78, 5) is 0. The minimum absolute atomic E-state index is 0. The number of unbranched alkanes of at least 4 members (excludes halogenated alkanes) is 12. The Morgan fingerprint density at radius 3 is 1.43 bits per heavy atom.